The Hall–Kier alpha value is -1.06. The van der Waals surface area contributed by atoms with E-state index in [-0.39, 0.29) is 5.78 Å². The zero-order valence-corrected chi connectivity index (χ0v) is 9.60. The number of anilines is 1. The summed E-state index contributed by atoms with van der Waals surface area (Å²) in [5.41, 5.74) is 1.45. The first-order valence-corrected chi connectivity index (χ1v) is 5.05. The van der Waals surface area contributed by atoms with Crippen LogP contribution in [0.4, 0.5) is 5.69 Å². The van der Waals surface area contributed by atoms with E-state index in [0.717, 1.165) is 5.69 Å². The van der Waals surface area contributed by atoms with Crippen LogP contribution in [0.25, 0.3) is 0 Å². The van der Waals surface area contributed by atoms with Gasteiger partial charge in [0.1, 0.15) is 0 Å². The number of hydrogen-bond donors (Lipinski definition) is 1. The molecule has 0 amide bonds. The van der Waals surface area contributed by atoms with Crippen molar-refractivity contribution in [3.05, 3.63) is 28.8 Å². The second-order valence-electron chi connectivity index (χ2n) is 3.20. The third-order valence-corrected chi connectivity index (χ3v) is 2.16. The van der Waals surface area contributed by atoms with Gasteiger partial charge in [-0.2, -0.15) is 0 Å². The van der Waals surface area contributed by atoms with Crippen LogP contribution in [0.3, 0.4) is 0 Å². The molecule has 1 N–H and O–H groups in total. The van der Waals surface area contributed by atoms with Crippen LogP contribution in [-0.2, 0) is 4.74 Å². The topological polar surface area (TPSA) is 38.3 Å². The van der Waals surface area contributed by atoms with Gasteiger partial charge in [-0.05, 0) is 25.1 Å². The van der Waals surface area contributed by atoms with Gasteiger partial charge in [0.2, 0.25) is 0 Å². The molecule has 4 heteroatoms. The van der Waals surface area contributed by atoms with Gasteiger partial charge < -0.3 is 10.1 Å². The first-order chi connectivity index (χ1) is 7.13. The molecule has 0 atom stereocenters. The van der Waals surface area contributed by atoms with Crippen molar-refractivity contribution >= 4 is 23.1 Å². The van der Waals surface area contributed by atoms with Gasteiger partial charge in [-0.25, -0.2) is 0 Å². The van der Waals surface area contributed by atoms with Crippen molar-refractivity contribution in [3.8, 4) is 0 Å². The Morgan fingerprint density at radius 2 is 2.20 bits per heavy atom. The molecule has 0 saturated carbocycles. The Kier molecular flexibility index (Phi) is 4.59. The van der Waals surface area contributed by atoms with Crippen LogP contribution in [0.2, 0.25) is 5.02 Å². The van der Waals surface area contributed by atoms with Crippen LogP contribution in [0.5, 0.6) is 0 Å². The van der Waals surface area contributed by atoms with Crippen molar-refractivity contribution in [2.45, 2.75) is 6.92 Å². The lowest BCUT2D eigenvalue weighted by molar-refractivity contribution is 0.101. The number of methoxy groups -OCH3 is 1. The number of hydrogen-bond acceptors (Lipinski definition) is 3. The molecule has 0 aromatic heterocycles. The van der Waals surface area contributed by atoms with Crippen molar-refractivity contribution < 1.29 is 9.53 Å². The molecule has 0 aliphatic rings. The summed E-state index contributed by atoms with van der Waals surface area (Å²) in [6.45, 7) is 2.82. The molecule has 0 heterocycles. The minimum Gasteiger partial charge on any atom is -0.383 e. The molecular weight excluding hydrogens is 214 g/mol. The molecule has 0 aliphatic carbocycles. The minimum absolute atomic E-state index is 0.00675. The van der Waals surface area contributed by atoms with Crippen molar-refractivity contribution in [2.75, 3.05) is 25.6 Å². The van der Waals surface area contributed by atoms with E-state index < -0.39 is 0 Å². The molecule has 0 radical (unpaired) electrons. The largest absolute Gasteiger partial charge is 0.383 e. The highest BCUT2D eigenvalue weighted by Crippen LogP contribution is 2.19. The molecule has 82 valence electrons. The quantitative estimate of drug-likeness (QED) is 0.621. The Balaban J connectivity index is 2.75. The van der Waals surface area contributed by atoms with Gasteiger partial charge in [0.15, 0.2) is 5.78 Å². The maximum Gasteiger partial charge on any atom is 0.159 e. The van der Waals surface area contributed by atoms with Crippen molar-refractivity contribution in [3.63, 3.8) is 0 Å². The molecule has 0 saturated heterocycles. The van der Waals surface area contributed by atoms with E-state index >= 15 is 0 Å². The molecule has 0 bridgehead atoms. The van der Waals surface area contributed by atoms with E-state index in [4.69, 9.17) is 16.3 Å². The van der Waals surface area contributed by atoms with Gasteiger partial charge >= 0.3 is 0 Å². The summed E-state index contributed by atoms with van der Waals surface area (Å²) in [6.07, 6.45) is 0. The Morgan fingerprint density at radius 3 is 2.80 bits per heavy atom. The van der Waals surface area contributed by atoms with E-state index in [9.17, 15) is 4.79 Å². The van der Waals surface area contributed by atoms with E-state index in [1.807, 2.05) is 0 Å². The number of ketones is 1. The van der Waals surface area contributed by atoms with Gasteiger partial charge in [0.05, 0.1) is 6.61 Å². The van der Waals surface area contributed by atoms with E-state index in [2.05, 4.69) is 5.32 Å². The average Bonchev–Trinajstić information content (AvgIpc) is 2.17. The summed E-state index contributed by atoms with van der Waals surface area (Å²) in [6, 6.07) is 5.22. The average molecular weight is 228 g/mol. The summed E-state index contributed by atoms with van der Waals surface area (Å²) in [7, 11) is 1.64. The second-order valence-corrected chi connectivity index (χ2v) is 3.64. The number of ether oxygens (including phenoxy) is 1. The monoisotopic (exact) mass is 227 g/mol. The van der Waals surface area contributed by atoms with Gasteiger partial charge in [-0.1, -0.05) is 11.6 Å². The van der Waals surface area contributed by atoms with Crippen LogP contribution in [0.15, 0.2) is 18.2 Å². The van der Waals surface area contributed by atoms with E-state index in [1.54, 1.807) is 25.3 Å². The lowest BCUT2D eigenvalue weighted by Gasteiger charge is -2.07. The fourth-order valence-electron chi connectivity index (χ4n) is 1.19. The van der Waals surface area contributed by atoms with Crippen LogP contribution < -0.4 is 5.32 Å². The van der Waals surface area contributed by atoms with Crippen molar-refractivity contribution in [1.29, 1.82) is 0 Å². The van der Waals surface area contributed by atoms with Gasteiger partial charge in [-0.15, -0.1) is 0 Å². The third-order valence-electron chi connectivity index (χ3n) is 1.94. The molecule has 1 aromatic carbocycles. The zero-order chi connectivity index (χ0) is 11.3. The highest BCUT2D eigenvalue weighted by molar-refractivity contribution is 6.31. The van der Waals surface area contributed by atoms with Crippen molar-refractivity contribution in [1.82, 2.24) is 0 Å². The molecule has 15 heavy (non-hydrogen) atoms. The first-order valence-electron chi connectivity index (χ1n) is 4.68. The molecule has 0 aliphatic heterocycles. The first kappa shape index (κ1) is 12.0. The van der Waals surface area contributed by atoms with Crippen LogP contribution in [0, 0.1) is 0 Å². The van der Waals surface area contributed by atoms with Crippen LogP contribution in [-0.4, -0.2) is 26.0 Å². The van der Waals surface area contributed by atoms with Crippen LogP contribution >= 0.6 is 11.6 Å². The third kappa shape index (κ3) is 3.90. The highest BCUT2D eigenvalue weighted by atomic mass is 35.5. The van der Waals surface area contributed by atoms with E-state index in [0.29, 0.717) is 23.7 Å². The number of Topliss-reactive ketones (excluding diaryl/α,β-unsaturated/α-hetero) is 1. The molecule has 0 fully saturated rings. The summed E-state index contributed by atoms with van der Waals surface area (Å²) >= 11 is 5.88. The predicted molar refractivity (Wildman–Crippen MR) is 61.8 cm³/mol. The number of carbonyl (C=O) groups is 1. The SMILES string of the molecule is COCCNc1cc(Cl)cc(C(C)=O)c1. The fourth-order valence-corrected chi connectivity index (χ4v) is 1.43. The second kappa shape index (κ2) is 5.73. The minimum atomic E-state index is 0.00675. The summed E-state index contributed by atoms with van der Waals surface area (Å²) in [5, 5.41) is 3.68. The maximum atomic E-state index is 11.2. The molecule has 0 unspecified atom stereocenters. The van der Waals surface area contributed by atoms with Crippen LogP contribution in [0.1, 0.15) is 17.3 Å². The number of rotatable bonds is 5. The molecular formula is C11H14ClNO2. The van der Waals surface area contributed by atoms with Crippen molar-refractivity contribution in [2.24, 2.45) is 0 Å². The van der Waals surface area contributed by atoms with Gasteiger partial charge in [0.25, 0.3) is 0 Å². The zero-order valence-electron chi connectivity index (χ0n) is 8.84. The number of halogens is 1. The van der Waals surface area contributed by atoms with E-state index in [1.165, 1.54) is 6.92 Å². The maximum absolute atomic E-state index is 11.2. The number of benzene rings is 1. The summed E-state index contributed by atoms with van der Waals surface area (Å²) < 4.78 is 4.91. The fraction of sp³-hybridized carbons (Fsp3) is 0.364. The summed E-state index contributed by atoms with van der Waals surface area (Å²) in [5.74, 6) is 0.00675. The molecule has 1 aromatic rings. The Bertz CT molecular complexity index is 352. The predicted octanol–water partition coefficient (Wildman–Crippen LogP) is 2.60. The normalized spacial score (nSPS) is 10.1. The smallest absolute Gasteiger partial charge is 0.159 e. The number of carbonyl (C=O) groups excluding carboxylic acids is 1. The standard InChI is InChI=1S/C11H14ClNO2/c1-8(14)9-5-10(12)7-11(6-9)13-3-4-15-2/h5-7,13H,3-4H2,1-2H3. The Labute approximate surface area is 94.4 Å². The lowest BCUT2D eigenvalue weighted by Crippen LogP contribution is -2.08. The highest BCUT2D eigenvalue weighted by Gasteiger charge is 2.03. The number of nitrogens with one attached hydrogen (secondary N) is 1. The van der Waals surface area contributed by atoms with Gasteiger partial charge in [0, 0.05) is 29.9 Å². The molecule has 3 nitrogen and oxygen atoms in total. The summed E-state index contributed by atoms with van der Waals surface area (Å²) in [4.78, 5) is 11.2. The Morgan fingerprint density at radius 1 is 1.47 bits per heavy atom. The van der Waals surface area contributed by atoms with Gasteiger partial charge in [-0.3, -0.25) is 4.79 Å². The lowest BCUT2D eigenvalue weighted by atomic mass is 10.1. The molecule has 0 spiro atoms. The molecule has 1 rings (SSSR count).